The second kappa shape index (κ2) is 5.14. The highest BCUT2D eigenvalue weighted by molar-refractivity contribution is 5.42. The van der Waals surface area contributed by atoms with Gasteiger partial charge in [-0.2, -0.15) is 13.2 Å². The van der Waals surface area contributed by atoms with Gasteiger partial charge in [-0.15, -0.1) is 0 Å². The molecule has 100 valence electrons. The van der Waals surface area contributed by atoms with Crippen LogP contribution in [0, 0.1) is 0 Å². The minimum absolute atomic E-state index is 0.416. The van der Waals surface area contributed by atoms with Crippen molar-refractivity contribution in [3.63, 3.8) is 0 Å². The van der Waals surface area contributed by atoms with Gasteiger partial charge in [-0.05, 0) is 32.0 Å². The zero-order valence-electron chi connectivity index (χ0n) is 10.2. The van der Waals surface area contributed by atoms with Crippen LogP contribution in [0.15, 0.2) is 18.3 Å². The van der Waals surface area contributed by atoms with Crippen molar-refractivity contribution in [1.82, 2.24) is 10.3 Å². The van der Waals surface area contributed by atoms with Crippen molar-refractivity contribution in [2.45, 2.75) is 25.1 Å². The molecule has 1 aliphatic heterocycles. The van der Waals surface area contributed by atoms with Gasteiger partial charge < -0.3 is 10.2 Å². The molecule has 2 rings (SSSR count). The maximum Gasteiger partial charge on any atom is 0.416 e. The molecule has 0 amide bonds. The van der Waals surface area contributed by atoms with Crippen LogP contribution < -0.4 is 10.2 Å². The van der Waals surface area contributed by atoms with E-state index in [2.05, 4.69) is 10.3 Å². The highest BCUT2D eigenvalue weighted by Crippen LogP contribution is 2.31. The summed E-state index contributed by atoms with van der Waals surface area (Å²) in [7, 11) is 1.91. The SMILES string of the molecule is CNC1CCN(c2cc(C(F)(F)F)ccn2)CC1. The first-order valence-corrected chi connectivity index (χ1v) is 5.96. The fraction of sp³-hybridized carbons (Fsp3) is 0.583. The monoisotopic (exact) mass is 259 g/mol. The van der Waals surface area contributed by atoms with Crippen molar-refractivity contribution >= 4 is 5.82 Å². The van der Waals surface area contributed by atoms with E-state index in [0.717, 1.165) is 38.1 Å². The second-order valence-corrected chi connectivity index (χ2v) is 4.45. The topological polar surface area (TPSA) is 28.2 Å². The lowest BCUT2D eigenvalue weighted by Crippen LogP contribution is -2.41. The Morgan fingerprint density at radius 2 is 2.00 bits per heavy atom. The van der Waals surface area contributed by atoms with E-state index in [1.807, 2.05) is 11.9 Å². The molecule has 2 heterocycles. The van der Waals surface area contributed by atoms with Crippen molar-refractivity contribution in [2.75, 3.05) is 25.0 Å². The van der Waals surface area contributed by atoms with Gasteiger partial charge in [0.1, 0.15) is 5.82 Å². The number of anilines is 1. The molecule has 6 heteroatoms. The number of nitrogens with zero attached hydrogens (tertiary/aromatic N) is 2. The summed E-state index contributed by atoms with van der Waals surface area (Å²) in [6.07, 6.45) is -1.23. The number of halogens is 3. The van der Waals surface area contributed by atoms with Crippen LogP contribution in [0.5, 0.6) is 0 Å². The molecule has 0 atom stereocenters. The average Bonchev–Trinajstić information content (AvgIpc) is 2.38. The number of rotatable bonds is 2. The van der Waals surface area contributed by atoms with E-state index in [1.54, 1.807) is 0 Å². The van der Waals surface area contributed by atoms with E-state index in [1.165, 1.54) is 6.20 Å². The summed E-state index contributed by atoms with van der Waals surface area (Å²) in [5, 5.41) is 3.18. The van der Waals surface area contributed by atoms with Crippen molar-refractivity contribution in [3.05, 3.63) is 23.9 Å². The molecule has 0 unspecified atom stereocenters. The fourth-order valence-electron chi connectivity index (χ4n) is 2.16. The van der Waals surface area contributed by atoms with E-state index in [-0.39, 0.29) is 0 Å². The van der Waals surface area contributed by atoms with E-state index < -0.39 is 11.7 Å². The number of aromatic nitrogens is 1. The van der Waals surface area contributed by atoms with E-state index in [0.29, 0.717) is 11.9 Å². The Balaban J connectivity index is 2.10. The second-order valence-electron chi connectivity index (χ2n) is 4.45. The molecular formula is C12H16F3N3. The lowest BCUT2D eigenvalue weighted by Gasteiger charge is -2.32. The minimum atomic E-state index is -4.30. The van der Waals surface area contributed by atoms with Crippen molar-refractivity contribution in [2.24, 2.45) is 0 Å². The van der Waals surface area contributed by atoms with Crippen LogP contribution in [0.25, 0.3) is 0 Å². The lowest BCUT2D eigenvalue weighted by atomic mass is 10.1. The molecule has 1 aliphatic rings. The molecule has 1 aromatic rings. The molecule has 0 aromatic carbocycles. The zero-order chi connectivity index (χ0) is 13.2. The number of alkyl halides is 3. The number of piperidine rings is 1. The predicted molar refractivity (Wildman–Crippen MR) is 63.5 cm³/mol. The van der Waals surface area contributed by atoms with E-state index >= 15 is 0 Å². The van der Waals surface area contributed by atoms with Crippen LogP contribution >= 0.6 is 0 Å². The first-order valence-electron chi connectivity index (χ1n) is 5.96. The molecule has 0 radical (unpaired) electrons. The third kappa shape index (κ3) is 2.93. The summed E-state index contributed by atoms with van der Waals surface area (Å²) in [5.41, 5.74) is -0.636. The normalized spacial score (nSPS) is 18.1. The fourth-order valence-corrected chi connectivity index (χ4v) is 2.16. The molecular weight excluding hydrogens is 243 g/mol. The summed E-state index contributed by atoms with van der Waals surface area (Å²) < 4.78 is 37.8. The molecule has 1 fully saturated rings. The largest absolute Gasteiger partial charge is 0.416 e. The Kier molecular flexibility index (Phi) is 3.75. The van der Waals surface area contributed by atoms with Gasteiger partial charge in [-0.25, -0.2) is 4.98 Å². The van der Waals surface area contributed by atoms with Crippen LogP contribution in [0.3, 0.4) is 0 Å². The average molecular weight is 259 g/mol. The van der Waals surface area contributed by atoms with Gasteiger partial charge in [0.05, 0.1) is 5.56 Å². The Morgan fingerprint density at radius 1 is 1.33 bits per heavy atom. The highest BCUT2D eigenvalue weighted by Gasteiger charge is 2.31. The summed E-state index contributed by atoms with van der Waals surface area (Å²) in [4.78, 5) is 5.94. The molecule has 0 saturated carbocycles. The quantitative estimate of drug-likeness (QED) is 0.883. The first kappa shape index (κ1) is 13.1. The van der Waals surface area contributed by atoms with Crippen molar-refractivity contribution in [3.8, 4) is 0 Å². The number of hydrogen-bond donors (Lipinski definition) is 1. The van der Waals surface area contributed by atoms with E-state index in [4.69, 9.17) is 0 Å². The standard InChI is InChI=1S/C12H16F3N3/c1-16-10-3-6-18(7-4-10)11-8-9(2-5-17-11)12(13,14)15/h2,5,8,10,16H,3-4,6-7H2,1H3. The van der Waals surface area contributed by atoms with Crippen LogP contribution in [-0.2, 0) is 6.18 Å². The van der Waals surface area contributed by atoms with Gasteiger partial charge in [0.2, 0.25) is 0 Å². The summed E-state index contributed by atoms with van der Waals surface area (Å²) >= 11 is 0. The number of nitrogens with one attached hydrogen (secondary N) is 1. The smallest absolute Gasteiger partial charge is 0.356 e. The van der Waals surface area contributed by atoms with E-state index in [9.17, 15) is 13.2 Å². The molecule has 1 aromatic heterocycles. The van der Waals surface area contributed by atoms with Crippen molar-refractivity contribution in [1.29, 1.82) is 0 Å². The lowest BCUT2D eigenvalue weighted by molar-refractivity contribution is -0.137. The highest BCUT2D eigenvalue weighted by atomic mass is 19.4. The summed E-state index contributed by atoms with van der Waals surface area (Å²) in [6.45, 7) is 1.47. The van der Waals surface area contributed by atoms with Crippen LogP contribution in [0.2, 0.25) is 0 Å². The number of hydrogen-bond acceptors (Lipinski definition) is 3. The number of pyridine rings is 1. The molecule has 3 nitrogen and oxygen atoms in total. The van der Waals surface area contributed by atoms with Gasteiger partial charge in [0, 0.05) is 25.3 Å². The molecule has 0 aliphatic carbocycles. The Labute approximate surface area is 104 Å². The Bertz CT molecular complexity index is 398. The molecule has 1 N–H and O–H groups in total. The molecule has 0 spiro atoms. The van der Waals surface area contributed by atoms with Gasteiger partial charge >= 0.3 is 6.18 Å². The maximum atomic E-state index is 12.6. The predicted octanol–water partition coefficient (Wildman–Crippen LogP) is 2.29. The van der Waals surface area contributed by atoms with Gasteiger partial charge in [-0.1, -0.05) is 0 Å². The third-order valence-corrected chi connectivity index (χ3v) is 3.30. The van der Waals surface area contributed by atoms with Gasteiger partial charge in [0.15, 0.2) is 0 Å². The molecule has 18 heavy (non-hydrogen) atoms. The molecule has 0 bridgehead atoms. The Morgan fingerprint density at radius 3 is 2.56 bits per heavy atom. The summed E-state index contributed by atoms with van der Waals surface area (Å²) in [5.74, 6) is 0.416. The third-order valence-electron chi connectivity index (χ3n) is 3.30. The van der Waals surface area contributed by atoms with Gasteiger partial charge in [-0.3, -0.25) is 0 Å². The minimum Gasteiger partial charge on any atom is -0.356 e. The van der Waals surface area contributed by atoms with Crippen LogP contribution in [0.4, 0.5) is 19.0 Å². The maximum absolute atomic E-state index is 12.6. The first-order chi connectivity index (χ1) is 8.50. The van der Waals surface area contributed by atoms with Crippen LogP contribution in [-0.4, -0.2) is 31.2 Å². The van der Waals surface area contributed by atoms with Crippen LogP contribution in [0.1, 0.15) is 18.4 Å². The van der Waals surface area contributed by atoms with Gasteiger partial charge in [0.25, 0.3) is 0 Å². The van der Waals surface area contributed by atoms with Crippen molar-refractivity contribution < 1.29 is 13.2 Å². The summed E-state index contributed by atoms with van der Waals surface area (Å²) in [6, 6.07) is 2.58. The molecule has 1 saturated heterocycles. The zero-order valence-corrected chi connectivity index (χ0v) is 10.2. The Hall–Kier alpha value is -1.30.